The van der Waals surface area contributed by atoms with Crippen LogP contribution in [0.3, 0.4) is 0 Å². The van der Waals surface area contributed by atoms with Crippen molar-refractivity contribution >= 4 is 0 Å². The first kappa shape index (κ1) is 12.1. The highest BCUT2D eigenvalue weighted by molar-refractivity contribution is 5.25. The molecule has 3 N–H and O–H groups in total. The normalized spacial score (nSPS) is 10.6. The second-order valence-electron chi connectivity index (χ2n) is 3.22. The lowest BCUT2D eigenvalue weighted by Crippen LogP contribution is -2.05. The Kier molecular flexibility index (Phi) is 5.25. The zero-order valence-electron chi connectivity index (χ0n) is 8.58. The molecule has 1 aromatic carbocycles. The maximum atomic E-state index is 13.6. The van der Waals surface area contributed by atoms with Gasteiger partial charge in [-0.25, -0.2) is 4.39 Å². The Balaban J connectivity index is 2.53. The molecule has 0 amide bonds. The van der Waals surface area contributed by atoms with Gasteiger partial charge in [0.1, 0.15) is 5.82 Å². The molecule has 0 bridgehead atoms. The van der Waals surface area contributed by atoms with E-state index in [4.69, 9.17) is 15.6 Å². The maximum absolute atomic E-state index is 13.6. The third-order valence-electron chi connectivity index (χ3n) is 2.08. The van der Waals surface area contributed by atoms with Crippen LogP contribution in [0, 0.1) is 5.82 Å². The summed E-state index contributed by atoms with van der Waals surface area (Å²) in [5, 5.41) is 8.53. The molecule has 1 rings (SSSR count). The van der Waals surface area contributed by atoms with E-state index in [0.29, 0.717) is 24.2 Å². The van der Waals surface area contributed by atoms with Crippen molar-refractivity contribution in [3.05, 3.63) is 35.1 Å². The molecule has 1 aromatic rings. The predicted octanol–water partition coefficient (Wildman–Crippen LogP) is 1.18. The molecule has 0 aliphatic rings. The van der Waals surface area contributed by atoms with Crippen LogP contribution in [0.15, 0.2) is 18.2 Å². The van der Waals surface area contributed by atoms with Crippen LogP contribution in [0.2, 0.25) is 0 Å². The van der Waals surface area contributed by atoms with Gasteiger partial charge in [0, 0.05) is 30.9 Å². The van der Waals surface area contributed by atoms with Crippen molar-refractivity contribution in [2.75, 3.05) is 13.2 Å². The van der Waals surface area contributed by atoms with Gasteiger partial charge in [0.25, 0.3) is 0 Å². The molecule has 4 heteroatoms. The molecule has 0 aromatic heterocycles. The van der Waals surface area contributed by atoms with Crippen LogP contribution in [0.1, 0.15) is 17.5 Å². The molecule has 0 unspecified atom stereocenters. The van der Waals surface area contributed by atoms with Crippen molar-refractivity contribution in [3.8, 4) is 0 Å². The van der Waals surface area contributed by atoms with Crippen LogP contribution in [0.5, 0.6) is 0 Å². The summed E-state index contributed by atoms with van der Waals surface area (Å²) in [7, 11) is 0. The first-order chi connectivity index (χ1) is 7.29. The molecular weight excluding hydrogens is 197 g/mol. The van der Waals surface area contributed by atoms with Gasteiger partial charge in [0.05, 0.1) is 6.61 Å². The SMILES string of the molecule is NCc1cccc(COCCCO)c1F. The lowest BCUT2D eigenvalue weighted by Gasteiger charge is -2.07. The van der Waals surface area contributed by atoms with Crippen LogP contribution in [-0.4, -0.2) is 18.3 Å². The summed E-state index contributed by atoms with van der Waals surface area (Å²) in [4.78, 5) is 0. The van der Waals surface area contributed by atoms with Gasteiger partial charge in [-0.05, 0) is 6.42 Å². The van der Waals surface area contributed by atoms with Gasteiger partial charge >= 0.3 is 0 Å². The fourth-order valence-electron chi connectivity index (χ4n) is 1.25. The summed E-state index contributed by atoms with van der Waals surface area (Å²) >= 11 is 0. The molecule has 0 spiro atoms. The lowest BCUT2D eigenvalue weighted by atomic mass is 10.1. The van der Waals surface area contributed by atoms with Crippen molar-refractivity contribution in [3.63, 3.8) is 0 Å². The minimum Gasteiger partial charge on any atom is -0.396 e. The van der Waals surface area contributed by atoms with Crippen molar-refractivity contribution < 1.29 is 14.2 Å². The summed E-state index contributed by atoms with van der Waals surface area (Å²) in [5.41, 5.74) is 6.39. The number of nitrogens with two attached hydrogens (primary N) is 1. The zero-order chi connectivity index (χ0) is 11.1. The minimum atomic E-state index is -0.288. The lowest BCUT2D eigenvalue weighted by molar-refractivity contribution is 0.102. The molecule has 0 saturated carbocycles. The van der Waals surface area contributed by atoms with E-state index in [2.05, 4.69) is 0 Å². The highest BCUT2D eigenvalue weighted by atomic mass is 19.1. The molecule has 84 valence electrons. The molecule has 0 fully saturated rings. The molecule has 0 aliphatic heterocycles. The Hall–Kier alpha value is -0.970. The van der Waals surface area contributed by atoms with Gasteiger partial charge in [0.15, 0.2) is 0 Å². The number of benzene rings is 1. The van der Waals surface area contributed by atoms with Crippen molar-refractivity contribution in [1.82, 2.24) is 0 Å². The third kappa shape index (κ3) is 3.58. The Morgan fingerprint density at radius 2 is 2.07 bits per heavy atom. The largest absolute Gasteiger partial charge is 0.396 e. The number of ether oxygens (including phenoxy) is 1. The smallest absolute Gasteiger partial charge is 0.133 e. The van der Waals surface area contributed by atoms with Gasteiger partial charge in [-0.2, -0.15) is 0 Å². The molecule has 0 saturated heterocycles. The third-order valence-corrected chi connectivity index (χ3v) is 2.08. The molecule has 0 atom stereocenters. The predicted molar refractivity (Wildman–Crippen MR) is 55.7 cm³/mol. The van der Waals surface area contributed by atoms with Crippen molar-refractivity contribution in [1.29, 1.82) is 0 Å². The maximum Gasteiger partial charge on any atom is 0.133 e. The van der Waals surface area contributed by atoms with Crippen LogP contribution >= 0.6 is 0 Å². The molecule has 0 aliphatic carbocycles. The quantitative estimate of drug-likeness (QED) is 0.698. The van der Waals surface area contributed by atoms with Gasteiger partial charge < -0.3 is 15.6 Å². The van der Waals surface area contributed by atoms with E-state index in [1.807, 2.05) is 0 Å². The van der Waals surface area contributed by atoms with E-state index >= 15 is 0 Å². The minimum absolute atomic E-state index is 0.0886. The first-order valence-electron chi connectivity index (χ1n) is 4.94. The van der Waals surface area contributed by atoms with E-state index in [-0.39, 0.29) is 25.6 Å². The fraction of sp³-hybridized carbons (Fsp3) is 0.455. The van der Waals surface area contributed by atoms with E-state index in [1.165, 1.54) is 0 Å². The van der Waals surface area contributed by atoms with Gasteiger partial charge in [-0.15, -0.1) is 0 Å². The average molecular weight is 213 g/mol. The molecule has 0 heterocycles. The topological polar surface area (TPSA) is 55.5 Å². The summed E-state index contributed by atoms with van der Waals surface area (Å²) in [5.74, 6) is -0.288. The molecule has 0 radical (unpaired) electrons. The second kappa shape index (κ2) is 6.50. The Morgan fingerprint density at radius 3 is 2.73 bits per heavy atom. The summed E-state index contributed by atoms with van der Waals surface area (Å²) in [6, 6.07) is 5.09. The van der Waals surface area contributed by atoms with E-state index in [0.717, 1.165) is 0 Å². The average Bonchev–Trinajstić information content (AvgIpc) is 2.26. The van der Waals surface area contributed by atoms with E-state index in [1.54, 1.807) is 18.2 Å². The number of halogens is 1. The van der Waals surface area contributed by atoms with Gasteiger partial charge in [-0.1, -0.05) is 18.2 Å². The molecule has 3 nitrogen and oxygen atoms in total. The Bertz CT molecular complexity index is 305. The zero-order valence-corrected chi connectivity index (χ0v) is 8.58. The van der Waals surface area contributed by atoms with E-state index in [9.17, 15) is 4.39 Å². The molecular formula is C11H16FNO2. The number of hydrogen-bond donors (Lipinski definition) is 2. The Labute approximate surface area is 88.7 Å². The molecule has 15 heavy (non-hydrogen) atoms. The highest BCUT2D eigenvalue weighted by Gasteiger charge is 2.06. The van der Waals surface area contributed by atoms with Crippen molar-refractivity contribution in [2.24, 2.45) is 5.73 Å². The number of aliphatic hydroxyl groups excluding tert-OH is 1. The van der Waals surface area contributed by atoms with Crippen molar-refractivity contribution in [2.45, 2.75) is 19.6 Å². The number of hydrogen-bond acceptors (Lipinski definition) is 3. The Morgan fingerprint density at radius 1 is 1.33 bits per heavy atom. The summed E-state index contributed by atoms with van der Waals surface area (Å²) in [6.07, 6.45) is 0.568. The fourth-order valence-corrected chi connectivity index (χ4v) is 1.25. The van der Waals surface area contributed by atoms with Crippen LogP contribution in [0.4, 0.5) is 4.39 Å². The standard InChI is InChI=1S/C11H16FNO2/c12-11-9(7-13)3-1-4-10(11)8-15-6-2-5-14/h1,3-4,14H,2,5-8,13H2. The summed E-state index contributed by atoms with van der Waals surface area (Å²) in [6.45, 7) is 0.935. The van der Waals surface area contributed by atoms with Crippen LogP contribution < -0.4 is 5.73 Å². The monoisotopic (exact) mass is 213 g/mol. The van der Waals surface area contributed by atoms with E-state index < -0.39 is 0 Å². The second-order valence-corrected chi connectivity index (χ2v) is 3.22. The van der Waals surface area contributed by atoms with Gasteiger partial charge in [0.2, 0.25) is 0 Å². The van der Waals surface area contributed by atoms with Crippen LogP contribution in [-0.2, 0) is 17.9 Å². The summed E-state index contributed by atoms with van der Waals surface area (Å²) < 4.78 is 18.8. The number of rotatable bonds is 6. The first-order valence-corrected chi connectivity index (χ1v) is 4.94. The van der Waals surface area contributed by atoms with Gasteiger partial charge in [-0.3, -0.25) is 0 Å². The van der Waals surface area contributed by atoms with Crippen LogP contribution in [0.25, 0.3) is 0 Å². The number of aliphatic hydroxyl groups is 1. The highest BCUT2D eigenvalue weighted by Crippen LogP contribution is 2.13.